The van der Waals surface area contributed by atoms with E-state index in [4.69, 9.17) is 4.74 Å². The summed E-state index contributed by atoms with van der Waals surface area (Å²) in [5.41, 5.74) is 4.56. The zero-order valence-corrected chi connectivity index (χ0v) is 20.4. The second kappa shape index (κ2) is 9.09. The van der Waals surface area contributed by atoms with Gasteiger partial charge in [0.2, 0.25) is 0 Å². The molecule has 174 valence electrons. The van der Waals surface area contributed by atoms with E-state index in [9.17, 15) is 0 Å². The van der Waals surface area contributed by atoms with Crippen molar-refractivity contribution in [2.75, 3.05) is 39.8 Å². The van der Waals surface area contributed by atoms with Gasteiger partial charge in [0.1, 0.15) is 5.75 Å². The van der Waals surface area contributed by atoms with E-state index in [0.717, 1.165) is 77.1 Å². The zero-order chi connectivity index (χ0) is 23.7. The molecule has 0 bridgehead atoms. The lowest BCUT2D eigenvalue weighted by molar-refractivity contribution is 0.0841. The molecule has 1 aromatic carbocycles. The molecule has 3 aromatic heterocycles. The van der Waals surface area contributed by atoms with Crippen LogP contribution in [0.3, 0.4) is 0 Å². The van der Waals surface area contributed by atoms with Crippen molar-refractivity contribution in [1.29, 1.82) is 0 Å². The molecule has 1 aliphatic heterocycles. The zero-order valence-electron chi connectivity index (χ0n) is 20.4. The lowest BCUT2D eigenvalue weighted by Gasteiger charge is -2.41. The lowest BCUT2D eigenvalue weighted by Crippen LogP contribution is -2.54. The first-order valence-electron chi connectivity index (χ1n) is 11.9. The van der Waals surface area contributed by atoms with Crippen molar-refractivity contribution in [3.8, 4) is 28.8 Å². The van der Waals surface area contributed by atoms with Gasteiger partial charge in [-0.1, -0.05) is 18.8 Å². The predicted octanol–water partition coefficient (Wildman–Crippen LogP) is 4.55. The van der Waals surface area contributed by atoms with Gasteiger partial charge in [0.05, 0.1) is 35.6 Å². The Kier molecular flexibility index (Phi) is 5.99. The van der Waals surface area contributed by atoms with Crippen molar-refractivity contribution >= 4 is 21.8 Å². The fourth-order valence-electron chi connectivity index (χ4n) is 4.76. The Balaban J connectivity index is 1.60. The van der Waals surface area contributed by atoms with Crippen LogP contribution in [0.1, 0.15) is 26.3 Å². The maximum absolute atomic E-state index is 5.76. The molecule has 1 N–H and O–H groups in total. The lowest BCUT2D eigenvalue weighted by atomic mass is 9.99. The first-order chi connectivity index (χ1) is 16.5. The Bertz CT molecular complexity index is 1370. The van der Waals surface area contributed by atoms with E-state index >= 15 is 0 Å². The quantitative estimate of drug-likeness (QED) is 0.459. The first kappa shape index (κ1) is 22.4. The van der Waals surface area contributed by atoms with Crippen molar-refractivity contribution in [2.45, 2.75) is 26.3 Å². The van der Waals surface area contributed by atoms with Gasteiger partial charge in [-0.05, 0) is 50.7 Å². The highest BCUT2D eigenvalue weighted by Crippen LogP contribution is 2.35. The van der Waals surface area contributed by atoms with Gasteiger partial charge < -0.3 is 14.6 Å². The normalized spacial score (nSPS) is 15.4. The third-order valence-electron chi connectivity index (χ3n) is 6.89. The summed E-state index contributed by atoms with van der Waals surface area (Å²) >= 11 is 0. The monoisotopic (exact) mass is 453 g/mol. The maximum atomic E-state index is 5.76. The highest BCUT2D eigenvalue weighted by molar-refractivity contribution is 6.11. The molecule has 6 nitrogen and oxygen atoms in total. The molecular formula is C28H31N5O. The second-order valence-corrected chi connectivity index (χ2v) is 9.28. The molecule has 4 heterocycles. The van der Waals surface area contributed by atoms with E-state index in [1.807, 2.05) is 30.6 Å². The molecule has 0 amide bonds. The molecule has 0 unspecified atom stereocenters. The smallest absolute Gasteiger partial charge is 0.135 e. The van der Waals surface area contributed by atoms with Crippen LogP contribution in [0.2, 0.25) is 0 Å². The minimum atomic E-state index is -0.235. The number of ether oxygens (including phenoxy) is 1. The fraction of sp³-hybridized carbons (Fsp3) is 0.357. The number of nitrogens with one attached hydrogen (secondary N) is 1. The highest BCUT2D eigenvalue weighted by Gasteiger charge is 2.28. The van der Waals surface area contributed by atoms with E-state index in [-0.39, 0.29) is 5.54 Å². The number of hydrogen-bond donors (Lipinski definition) is 1. The molecule has 0 spiro atoms. The topological polar surface area (TPSA) is 57.3 Å². The minimum Gasteiger partial charge on any atom is -0.495 e. The SMILES string of the molecule is CCN1CCN(C(C)(C)C#Cc2c(OC)ccc3[nH]c4cnc(-c5cccnc5)cc4c23)CC1. The molecule has 5 rings (SSSR count). The first-order valence-corrected chi connectivity index (χ1v) is 11.9. The summed E-state index contributed by atoms with van der Waals surface area (Å²) in [6.45, 7) is 12.0. The third-order valence-corrected chi connectivity index (χ3v) is 6.89. The Hall–Kier alpha value is -3.40. The summed E-state index contributed by atoms with van der Waals surface area (Å²) in [6.07, 6.45) is 5.50. The number of methoxy groups -OCH3 is 1. The van der Waals surface area contributed by atoms with Crippen LogP contribution in [0.25, 0.3) is 33.1 Å². The van der Waals surface area contributed by atoms with E-state index in [2.05, 4.69) is 69.5 Å². The molecule has 6 heteroatoms. The van der Waals surface area contributed by atoms with Gasteiger partial charge in [0.25, 0.3) is 0 Å². The summed E-state index contributed by atoms with van der Waals surface area (Å²) in [6, 6.07) is 10.1. The number of piperazine rings is 1. The molecule has 0 aliphatic carbocycles. The molecular weight excluding hydrogens is 422 g/mol. The van der Waals surface area contributed by atoms with Gasteiger partial charge in [-0.2, -0.15) is 0 Å². The number of H-pyrrole nitrogens is 1. The van der Waals surface area contributed by atoms with Gasteiger partial charge in [0, 0.05) is 60.4 Å². The Morgan fingerprint density at radius 3 is 2.62 bits per heavy atom. The van der Waals surface area contributed by atoms with E-state index in [0.29, 0.717) is 0 Å². The van der Waals surface area contributed by atoms with Crippen LogP contribution in [0.5, 0.6) is 5.75 Å². The van der Waals surface area contributed by atoms with Crippen molar-refractivity contribution < 1.29 is 4.74 Å². The Morgan fingerprint density at radius 2 is 1.91 bits per heavy atom. The van der Waals surface area contributed by atoms with Crippen LogP contribution in [0.15, 0.2) is 48.9 Å². The van der Waals surface area contributed by atoms with Crippen LogP contribution in [0.4, 0.5) is 0 Å². The highest BCUT2D eigenvalue weighted by atomic mass is 16.5. The predicted molar refractivity (Wildman–Crippen MR) is 138 cm³/mol. The van der Waals surface area contributed by atoms with E-state index in [1.54, 1.807) is 13.3 Å². The summed E-state index contributed by atoms with van der Waals surface area (Å²) < 4.78 is 5.76. The Labute approximate surface area is 201 Å². The second-order valence-electron chi connectivity index (χ2n) is 9.28. The Morgan fingerprint density at radius 1 is 1.09 bits per heavy atom. The van der Waals surface area contributed by atoms with Gasteiger partial charge in [-0.15, -0.1) is 0 Å². The molecule has 0 saturated carbocycles. The largest absolute Gasteiger partial charge is 0.495 e. The van der Waals surface area contributed by atoms with Crippen LogP contribution in [-0.4, -0.2) is 70.1 Å². The standard InChI is InChI=1S/C28H31N5O/c1-5-32-13-15-33(16-14-32)28(2,3)11-10-21-26(34-4)9-8-23-27(21)22-17-24(30-19-25(22)31-23)20-7-6-12-29-18-20/h6-9,12,17-19,31H,5,13-16H2,1-4H3. The minimum absolute atomic E-state index is 0.235. The van der Waals surface area contributed by atoms with Gasteiger partial charge in [-0.25, -0.2) is 0 Å². The number of fused-ring (bicyclic) bond motifs is 3. The van der Waals surface area contributed by atoms with Crippen molar-refractivity contribution in [3.05, 3.63) is 54.5 Å². The number of nitrogens with zero attached hydrogens (tertiary/aromatic N) is 4. The van der Waals surface area contributed by atoms with Gasteiger partial charge >= 0.3 is 0 Å². The average molecular weight is 454 g/mol. The summed E-state index contributed by atoms with van der Waals surface area (Å²) in [5, 5.41) is 2.16. The molecule has 1 fully saturated rings. The molecule has 1 aliphatic rings. The van der Waals surface area contributed by atoms with Crippen molar-refractivity contribution in [3.63, 3.8) is 0 Å². The summed E-state index contributed by atoms with van der Waals surface area (Å²) in [7, 11) is 1.71. The number of likely N-dealkylation sites (N-methyl/N-ethyl adjacent to an activating group) is 1. The van der Waals surface area contributed by atoms with Crippen LogP contribution >= 0.6 is 0 Å². The van der Waals surface area contributed by atoms with Gasteiger partial charge in [-0.3, -0.25) is 14.9 Å². The maximum Gasteiger partial charge on any atom is 0.135 e. The summed E-state index contributed by atoms with van der Waals surface area (Å²) in [4.78, 5) is 17.4. The molecule has 34 heavy (non-hydrogen) atoms. The van der Waals surface area contributed by atoms with Crippen molar-refractivity contribution in [2.24, 2.45) is 0 Å². The van der Waals surface area contributed by atoms with E-state index < -0.39 is 0 Å². The number of aromatic amines is 1. The molecule has 0 radical (unpaired) electrons. The van der Waals surface area contributed by atoms with Gasteiger partial charge in [0.15, 0.2) is 0 Å². The van der Waals surface area contributed by atoms with Crippen LogP contribution in [0, 0.1) is 11.8 Å². The molecule has 1 saturated heterocycles. The number of hydrogen-bond acceptors (Lipinski definition) is 5. The molecule has 0 atom stereocenters. The van der Waals surface area contributed by atoms with Crippen LogP contribution in [-0.2, 0) is 0 Å². The average Bonchev–Trinajstić information content (AvgIpc) is 3.26. The molecule has 4 aromatic rings. The van der Waals surface area contributed by atoms with Crippen molar-refractivity contribution in [1.82, 2.24) is 24.8 Å². The number of pyridine rings is 2. The fourth-order valence-corrected chi connectivity index (χ4v) is 4.76. The van der Waals surface area contributed by atoms with Crippen LogP contribution < -0.4 is 4.74 Å². The third kappa shape index (κ3) is 4.13. The number of benzene rings is 1. The number of aromatic nitrogens is 3. The summed E-state index contributed by atoms with van der Waals surface area (Å²) in [5.74, 6) is 7.89. The van der Waals surface area contributed by atoms with E-state index in [1.165, 1.54) is 0 Å². The number of rotatable bonds is 4.